The van der Waals surface area contributed by atoms with Gasteiger partial charge in [-0.25, -0.2) is 13.4 Å². The molecule has 0 amide bonds. The number of aromatic nitrogens is 2. The van der Waals surface area contributed by atoms with Gasteiger partial charge in [-0.2, -0.15) is 9.29 Å². The van der Waals surface area contributed by atoms with Gasteiger partial charge in [0.2, 0.25) is 16.0 Å². The number of piperazine rings is 1. The van der Waals surface area contributed by atoms with Gasteiger partial charge in [-0.05, 0) is 19.8 Å². The summed E-state index contributed by atoms with van der Waals surface area (Å²) in [7, 11) is -3.08. The quantitative estimate of drug-likeness (QED) is 0.754. The van der Waals surface area contributed by atoms with Crippen LogP contribution in [0.2, 0.25) is 0 Å². The van der Waals surface area contributed by atoms with Gasteiger partial charge >= 0.3 is 0 Å². The average molecular weight is 367 g/mol. The molecule has 0 radical (unpaired) electrons. The molecular weight excluding hydrogens is 342 g/mol. The van der Waals surface area contributed by atoms with Gasteiger partial charge in [0.05, 0.1) is 18.5 Å². The lowest BCUT2D eigenvalue weighted by molar-refractivity contribution is 0.122. The molecule has 1 aromatic heterocycles. The lowest BCUT2D eigenvalue weighted by atomic mass is 10.3. The first-order valence-electron chi connectivity index (χ1n) is 8.96. The maximum atomic E-state index is 12.4. The van der Waals surface area contributed by atoms with E-state index in [1.54, 1.807) is 4.31 Å². The Morgan fingerprint density at radius 3 is 2.32 bits per heavy atom. The van der Waals surface area contributed by atoms with E-state index in [-0.39, 0.29) is 5.25 Å². The molecule has 3 heterocycles. The normalized spacial score (nSPS) is 23.1. The van der Waals surface area contributed by atoms with Crippen LogP contribution in [0.1, 0.15) is 18.5 Å². The van der Waals surface area contributed by atoms with Crippen LogP contribution in [0.15, 0.2) is 6.07 Å². The molecule has 138 valence electrons. The van der Waals surface area contributed by atoms with Crippen molar-refractivity contribution in [3.05, 3.63) is 11.8 Å². The second kappa shape index (κ2) is 6.69. The smallest absolute Gasteiger partial charge is 0.227 e. The molecule has 0 bridgehead atoms. The SMILES string of the molecule is Cc1cc(N2CCOCC2)nc(N2CCN(S(=O)(=O)C3CC3)CC2)n1. The first-order chi connectivity index (χ1) is 12.0. The number of ether oxygens (including phenoxy) is 1. The molecule has 0 atom stereocenters. The van der Waals surface area contributed by atoms with E-state index in [1.807, 2.05) is 13.0 Å². The highest BCUT2D eigenvalue weighted by atomic mass is 32.2. The fourth-order valence-corrected chi connectivity index (χ4v) is 5.18. The third-order valence-corrected chi connectivity index (χ3v) is 7.39. The number of hydrogen-bond acceptors (Lipinski definition) is 7. The van der Waals surface area contributed by atoms with Crippen LogP contribution in [0.3, 0.4) is 0 Å². The van der Waals surface area contributed by atoms with E-state index in [9.17, 15) is 8.42 Å². The Bertz CT molecular complexity index is 723. The third kappa shape index (κ3) is 3.58. The van der Waals surface area contributed by atoms with Crippen LogP contribution in [-0.2, 0) is 14.8 Å². The second-order valence-corrected chi connectivity index (χ2v) is 9.11. The summed E-state index contributed by atoms with van der Waals surface area (Å²) >= 11 is 0. The summed E-state index contributed by atoms with van der Waals surface area (Å²) in [4.78, 5) is 13.6. The van der Waals surface area contributed by atoms with Crippen LogP contribution in [0.25, 0.3) is 0 Å². The van der Waals surface area contributed by atoms with Gasteiger partial charge in [0, 0.05) is 51.0 Å². The highest BCUT2D eigenvalue weighted by molar-refractivity contribution is 7.90. The lowest BCUT2D eigenvalue weighted by Crippen LogP contribution is -2.50. The van der Waals surface area contributed by atoms with E-state index < -0.39 is 10.0 Å². The van der Waals surface area contributed by atoms with Crippen molar-refractivity contribution in [3.8, 4) is 0 Å². The first kappa shape index (κ1) is 17.0. The van der Waals surface area contributed by atoms with Gasteiger partial charge in [-0.15, -0.1) is 0 Å². The summed E-state index contributed by atoms with van der Waals surface area (Å²) in [5, 5.41) is -0.137. The summed E-state index contributed by atoms with van der Waals surface area (Å²) in [6, 6.07) is 2.00. The third-order valence-electron chi connectivity index (χ3n) is 4.99. The molecule has 2 saturated heterocycles. The molecule has 3 aliphatic rings. The predicted octanol–water partition coefficient (Wildman–Crippen LogP) is 0.236. The summed E-state index contributed by atoms with van der Waals surface area (Å²) < 4.78 is 31.8. The van der Waals surface area contributed by atoms with E-state index in [1.165, 1.54) is 0 Å². The number of rotatable bonds is 4. The molecule has 3 fully saturated rings. The van der Waals surface area contributed by atoms with Crippen LogP contribution in [0, 0.1) is 6.92 Å². The van der Waals surface area contributed by atoms with Crippen molar-refractivity contribution in [2.45, 2.75) is 25.0 Å². The van der Waals surface area contributed by atoms with Crippen LogP contribution in [0.4, 0.5) is 11.8 Å². The summed E-state index contributed by atoms with van der Waals surface area (Å²) in [6.45, 7) is 7.39. The largest absolute Gasteiger partial charge is 0.378 e. The highest BCUT2D eigenvalue weighted by Gasteiger charge is 2.41. The monoisotopic (exact) mass is 367 g/mol. The van der Waals surface area contributed by atoms with Crippen molar-refractivity contribution in [2.75, 3.05) is 62.3 Å². The second-order valence-electron chi connectivity index (χ2n) is 6.90. The zero-order valence-corrected chi connectivity index (χ0v) is 15.4. The zero-order chi connectivity index (χ0) is 17.4. The average Bonchev–Trinajstić information content (AvgIpc) is 3.48. The fraction of sp³-hybridized carbons (Fsp3) is 0.750. The Labute approximate surface area is 148 Å². The van der Waals surface area contributed by atoms with Crippen molar-refractivity contribution in [1.29, 1.82) is 0 Å². The fourth-order valence-electron chi connectivity index (χ4n) is 3.35. The van der Waals surface area contributed by atoms with Gasteiger partial charge in [0.25, 0.3) is 0 Å². The molecule has 1 saturated carbocycles. The minimum absolute atomic E-state index is 0.137. The number of nitrogens with zero attached hydrogens (tertiary/aromatic N) is 5. The van der Waals surface area contributed by atoms with E-state index >= 15 is 0 Å². The summed E-state index contributed by atoms with van der Waals surface area (Å²) in [5.74, 6) is 1.63. The molecule has 9 heteroatoms. The van der Waals surface area contributed by atoms with Crippen molar-refractivity contribution in [3.63, 3.8) is 0 Å². The Morgan fingerprint density at radius 2 is 1.68 bits per heavy atom. The van der Waals surface area contributed by atoms with E-state index in [0.29, 0.717) is 32.1 Å². The summed E-state index contributed by atoms with van der Waals surface area (Å²) in [6.07, 6.45) is 1.62. The number of aryl methyl sites for hydroxylation is 1. The van der Waals surface area contributed by atoms with Crippen LogP contribution in [0.5, 0.6) is 0 Å². The molecule has 1 aromatic rings. The summed E-state index contributed by atoms with van der Waals surface area (Å²) in [5.41, 5.74) is 0.930. The molecular formula is C16H25N5O3S. The van der Waals surface area contributed by atoms with E-state index in [0.717, 1.165) is 50.7 Å². The molecule has 8 nitrogen and oxygen atoms in total. The maximum Gasteiger partial charge on any atom is 0.227 e. The van der Waals surface area contributed by atoms with E-state index in [2.05, 4.69) is 14.8 Å². The lowest BCUT2D eigenvalue weighted by Gasteiger charge is -2.35. The number of morpholine rings is 1. The Kier molecular flexibility index (Phi) is 4.55. The molecule has 4 rings (SSSR count). The minimum atomic E-state index is -3.08. The first-order valence-corrected chi connectivity index (χ1v) is 10.5. The van der Waals surface area contributed by atoms with Crippen molar-refractivity contribution < 1.29 is 13.2 Å². The van der Waals surface area contributed by atoms with Crippen molar-refractivity contribution in [2.24, 2.45) is 0 Å². The van der Waals surface area contributed by atoms with E-state index in [4.69, 9.17) is 9.72 Å². The predicted molar refractivity (Wildman–Crippen MR) is 95.5 cm³/mol. The van der Waals surface area contributed by atoms with Gasteiger partial charge in [-0.1, -0.05) is 0 Å². The molecule has 2 aliphatic heterocycles. The molecule has 0 spiro atoms. The number of sulfonamides is 1. The van der Waals surface area contributed by atoms with Gasteiger partial charge in [0.15, 0.2) is 0 Å². The van der Waals surface area contributed by atoms with Gasteiger partial charge in [-0.3, -0.25) is 0 Å². The Hall–Kier alpha value is -1.45. The Morgan fingerprint density at radius 1 is 1.00 bits per heavy atom. The van der Waals surface area contributed by atoms with Crippen molar-refractivity contribution >= 4 is 21.8 Å². The van der Waals surface area contributed by atoms with Crippen LogP contribution < -0.4 is 9.80 Å². The zero-order valence-electron chi connectivity index (χ0n) is 14.6. The van der Waals surface area contributed by atoms with Crippen LogP contribution in [-0.4, -0.2) is 80.4 Å². The highest BCUT2D eigenvalue weighted by Crippen LogP contribution is 2.31. The standard InChI is InChI=1S/C16H25N5O3S/c1-13-12-15(19-8-10-24-11-9-19)18-16(17-13)20-4-6-21(7-5-20)25(22,23)14-2-3-14/h12,14H,2-11H2,1H3. The molecule has 1 aliphatic carbocycles. The minimum Gasteiger partial charge on any atom is -0.378 e. The van der Waals surface area contributed by atoms with Crippen LogP contribution >= 0.6 is 0 Å². The van der Waals surface area contributed by atoms with Gasteiger partial charge < -0.3 is 14.5 Å². The molecule has 0 N–H and O–H groups in total. The van der Waals surface area contributed by atoms with Gasteiger partial charge in [0.1, 0.15) is 5.82 Å². The Balaban J connectivity index is 1.46. The molecule has 25 heavy (non-hydrogen) atoms. The maximum absolute atomic E-state index is 12.4. The molecule has 0 unspecified atom stereocenters. The number of hydrogen-bond donors (Lipinski definition) is 0. The van der Waals surface area contributed by atoms with Crippen molar-refractivity contribution in [1.82, 2.24) is 14.3 Å². The topological polar surface area (TPSA) is 78.9 Å². The molecule has 0 aromatic carbocycles. The number of anilines is 2.